The van der Waals surface area contributed by atoms with E-state index in [1.807, 2.05) is 19.1 Å². The van der Waals surface area contributed by atoms with E-state index in [-0.39, 0.29) is 0 Å². The van der Waals surface area contributed by atoms with Crippen LogP contribution in [0, 0.1) is 18.3 Å². The van der Waals surface area contributed by atoms with Crippen LogP contribution in [0.5, 0.6) is 0 Å². The standard InChI is InChI=1S/C15H22N4O/c1-12-4-5-15(17-14(12)10-16)19-7-6-18(8-9-20-3)13(2)11-19/h4-5,13H,6-9,11H2,1-3H3. The first-order chi connectivity index (χ1) is 9.65. The normalized spacial score (nSPS) is 19.9. The van der Waals surface area contributed by atoms with Crippen molar-refractivity contribution in [2.45, 2.75) is 19.9 Å². The molecule has 1 fully saturated rings. The van der Waals surface area contributed by atoms with E-state index in [1.165, 1.54) is 0 Å². The number of hydrogen-bond acceptors (Lipinski definition) is 5. The van der Waals surface area contributed by atoms with Crippen LogP contribution in [0.15, 0.2) is 12.1 Å². The largest absolute Gasteiger partial charge is 0.383 e. The van der Waals surface area contributed by atoms with Crippen LogP contribution in [0.4, 0.5) is 5.82 Å². The Balaban J connectivity index is 2.04. The summed E-state index contributed by atoms with van der Waals surface area (Å²) in [6.07, 6.45) is 0. The van der Waals surface area contributed by atoms with E-state index in [9.17, 15) is 0 Å². The monoisotopic (exact) mass is 274 g/mol. The van der Waals surface area contributed by atoms with Crippen LogP contribution in [0.3, 0.4) is 0 Å². The lowest BCUT2D eigenvalue weighted by Gasteiger charge is -2.40. The fraction of sp³-hybridized carbons (Fsp3) is 0.600. The van der Waals surface area contributed by atoms with Gasteiger partial charge in [-0.3, -0.25) is 4.90 Å². The summed E-state index contributed by atoms with van der Waals surface area (Å²) in [5.41, 5.74) is 1.46. The number of nitrogens with zero attached hydrogens (tertiary/aromatic N) is 4. The number of ether oxygens (including phenoxy) is 1. The van der Waals surface area contributed by atoms with Gasteiger partial charge in [-0.2, -0.15) is 5.26 Å². The van der Waals surface area contributed by atoms with Gasteiger partial charge in [0.25, 0.3) is 0 Å². The summed E-state index contributed by atoms with van der Waals surface area (Å²) in [5.74, 6) is 0.908. The van der Waals surface area contributed by atoms with Crippen molar-refractivity contribution in [3.05, 3.63) is 23.4 Å². The number of rotatable bonds is 4. The van der Waals surface area contributed by atoms with Crippen molar-refractivity contribution in [2.24, 2.45) is 0 Å². The third kappa shape index (κ3) is 3.27. The van der Waals surface area contributed by atoms with Crippen LogP contribution in [-0.2, 0) is 4.74 Å². The van der Waals surface area contributed by atoms with Crippen molar-refractivity contribution in [2.75, 3.05) is 44.8 Å². The van der Waals surface area contributed by atoms with E-state index in [0.29, 0.717) is 11.7 Å². The van der Waals surface area contributed by atoms with Crippen LogP contribution < -0.4 is 4.90 Å². The summed E-state index contributed by atoms with van der Waals surface area (Å²) in [5, 5.41) is 9.08. The zero-order valence-corrected chi connectivity index (χ0v) is 12.5. The van der Waals surface area contributed by atoms with Crippen LogP contribution in [0.1, 0.15) is 18.2 Å². The average Bonchev–Trinajstić information content (AvgIpc) is 2.46. The predicted octanol–water partition coefficient (Wildman–Crippen LogP) is 1.42. The zero-order valence-electron chi connectivity index (χ0n) is 12.5. The van der Waals surface area contributed by atoms with Crippen molar-refractivity contribution in [3.8, 4) is 6.07 Å². The minimum Gasteiger partial charge on any atom is -0.383 e. The van der Waals surface area contributed by atoms with Gasteiger partial charge in [0.05, 0.1) is 6.61 Å². The van der Waals surface area contributed by atoms with Gasteiger partial charge >= 0.3 is 0 Å². The van der Waals surface area contributed by atoms with Crippen LogP contribution in [0.2, 0.25) is 0 Å². The van der Waals surface area contributed by atoms with E-state index >= 15 is 0 Å². The maximum Gasteiger partial charge on any atom is 0.145 e. The number of aromatic nitrogens is 1. The Morgan fingerprint density at radius 3 is 2.90 bits per heavy atom. The van der Waals surface area contributed by atoms with Gasteiger partial charge < -0.3 is 9.64 Å². The molecular formula is C15H22N4O. The first-order valence-electron chi connectivity index (χ1n) is 7.01. The van der Waals surface area contributed by atoms with Crippen molar-refractivity contribution in [1.82, 2.24) is 9.88 Å². The van der Waals surface area contributed by atoms with E-state index in [0.717, 1.165) is 44.2 Å². The summed E-state index contributed by atoms with van der Waals surface area (Å²) in [6, 6.07) is 6.61. The molecule has 0 aliphatic carbocycles. The lowest BCUT2D eigenvalue weighted by molar-refractivity contribution is 0.117. The molecular weight excluding hydrogens is 252 g/mol. The number of pyridine rings is 1. The average molecular weight is 274 g/mol. The molecule has 0 saturated carbocycles. The Morgan fingerprint density at radius 2 is 2.25 bits per heavy atom. The topological polar surface area (TPSA) is 52.4 Å². The number of nitriles is 1. The summed E-state index contributed by atoms with van der Waals surface area (Å²) in [4.78, 5) is 9.15. The predicted molar refractivity (Wildman–Crippen MR) is 78.8 cm³/mol. The SMILES string of the molecule is COCCN1CCN(c2ccc(C)c(C#N)n2)CC1C. The fourth-order valence-electron chi connectivity index (χ4n) is 2.55. The molecule has 1 atom stereocenters. The van der Waals surface area contributed by atoms with Gasteiger partial charge in [0.15, 0.2) is 0 Å². The van der Waals surface area contributed by atoms with Crippen molar-refractivity contribution in [3.63, 3.8) is 0 Å². The van der Waals surface area contributed by atoms with Gasteiger partial charge in [-0.05, 0) is 25.5 Å². The molecule has 1 aliphatic rings. The number of hydrogen-bond donors (Lipinski definition) is 0. The highest BCUT2D eigenvalue weighted by atomic mass is 16.5. The molecule has 0 aromatic carbocycles. The Hall–Kier alpha value is -1.64. The molecule has 2 rings (SSSR count). The van der Waals surface area contributed by atoms with E-state index in [1.54, 1.807) is 7.11 Å². The minimum atomic E-state index is 0.465. The second-order valence-corrected chi connectivity index (χ2v) is 5.27. The van der Waals surface area contributed by atoms with Crippen LogP contribution >= 0.6 is 0 Å². The first kappa shape index (κ1) is 14.8. The maximum atomic E-state index is 9.08. The molecule has 108 valence electrons. The van der Waals surface area contributed by atoms with E-state index < -0.39 is 0 Å². The van der Waals surface area contributed by atoms with Crippen LogP contribution in [-0.4, -0.2) is 55.8 Å². The molecule has 0 radical (unpaired) electrons. The highest BCUT2D eigenvalue weighted by Gasteiger charge is 2.24. The molecule has 2 heterocycles. The second kappa shape index (κ2) is 6.69. The molecule has 20 heavy (non-hydrogen) atoms. The highest BCUT2D eigenvalue weighted by molar-refractivity contribution is 5.45. The molecule has 0 spiro atoms. The van der Waals surface area contributed by atoms with Gasteiger partial charge in [-0.1, -0.05) is 6.07 Å². The number of methoxy groups -OCH3 is 1. The Bertz CT molecular complexity index is 497. The molecule has 5 nitrogen and oxygen atoms in total. The van der Waals surface area contributed by atoms with Crippen molar-refractivity contribution >= 4 is 5.82 Å². The van der Waals surface area contributed by atoms with Crippen LogP contribution in [0.25, 0.3) is 0 Å². The summed E-state index contributed by atoms with van der Waals surface area (Å²) >= 11 is 0. The zero-order chi connectivity index (χ0) is 14.5. The van der Waals surface area contributed by atoms with Gasteiger partial charge in [-0.25, -0.2) is 4.98 Å². The Morgan fingerprint density at radius 1 is 1.45 bits per heavy atom. The first-order valence-corrected chi connectivity index (χ1v) is 7.01. The van der Waals surface area contributed by atoms with Gasteiger partial charge in [0.1, 0.15) is 17.6 Å². The van der Waals surface area contributed by atoms with Gasteiger partial charge in [0, 0.05) is 39.3 Å². The van der Waals surface area contributed by atoms with E-state index in [4.69, 9.17) is 10.00 Å². The molecule has 1 aromatic rings. The van der Waals surface area contributed by atoms with Crippen molar-refractivity contribution < 1.29 is 4.74 Å². The van der Waals surface area contributed by atoms with E-state index in [2.05, 4.69) is 27.8 Å². The number of piperazine rings is 1. The molecule has 0 bridgehead atoms. The lowest BCUT2D eigenvalue weighted by atomic mass is 10.1. The maximum absolute atomic E-state index is 9.08. The third-order valence-corrected chi connectivity index (χ3v) is 3.86. The number of anilines is 1. The quantitative estimate of drug-likeness (QED) is 0.831. The minimum absolute atomic E-state index is 0.465. The van der Waals surface area contributed by atoms with Gasteiger partial charge in [0.2, 0.25) is 0 Å². The Kier molecular flexibility index (Phi) is 4.94. The summed E-state index contributed by atoms with van der Waals surface area (Å²) < 4.78 is 5.14. The molecule has 1 unspecified atom stereocenters. The molecule has 1 saturated heterocycles. The fourth-order valence-corrected chi connectivity index (χ4v) is 2.55. The molecule has 1 aliphatic heterocycles. The summed E-state index contributed by atoms with van der Waals surface area (Å²) in [7, 11) is 1.74. The molecule has 0 N–H and O–H groups in total. The Labute approximate surface area is 120 Å². The second-order valence-electron chi connectivity index (χ2n) is 5.27. The molecule has 5 heteroatoms. The third-order valence-electron chi connectivity index (χ3n) is 3.86. The van der Waals surface area contributed by atoms with Crippen molar-refractivity contribution in [1.29, 1.82) is 5.26 Å². The lowest BCUT2D eigenvalue weighted by Crippen LogP contribution is -2.53. The number of aryl methyl sites for hydroxylation is 1. The van der Waals surface area contributed by atoms with Gasteiger partial charge in [-0.15, -0.1) is 0 Å². The smallest absolute Gasteiger partial charge is 0.145 e. The summed E-state index contributed by atoms with van der Waals surface area (Å²) in [6.45, 7) is 8.76. The molecule has 1 aromatic heterocycles. The highest BCUT2D eigenvalue weighted by Crippen LogP contribution is 2.18. The molecule has 0 amide bonds.